The van der Waals surface area contributed by atoms with Crippen LogP contribution >= 0.6 is 11.8 Å². The van der Waals surface area contributed by atoms with Crippen LogP contribution in [0, 0.1) is 13.8 Å². The first kappa shape index (κ1) is 18.1. The van der Waals surface area contributed by atoms with E-state index in [-0.39, 0.29) is 11.7 Å². The molecular formula is C15H23N7OS. The van der Waals surface area contributed by atoms with Crippen LogP contribution in [0.1, 0.15) is 25.2 Å². The van der Waals surface area contributed by atoms with Crippen LogP contribution in [0.2, 0.25) is 0 Å². The molecule has 0 radical (unpaired) electrons. The third-order valence-corrected chi connectivity index (χ3v) is 4.29. The summed E-state index contributed by atoms with van der Waals surface area (Å²) >= 11 is 1.26. The number of aromatic nitrogens is 5. The lowest BCUT2D eigenvalue weighted by Gasteiger charge is -2.20. The van der Waals surface area contributed by atoms with E-state index >= 15 is 0 Å². The van der Waals surface area contributed by atoms with Gasteiger partial charge in [-0.25, -0.2) is 9.36 Å². The smallest absolute Gasteiger partial charge is 0.271 e. The Labute approximate surface area is 145 Å². The van der Waals surface area contributed by atoms with Gasteiger partial charge in [-0.1, -0.05) is 23.9 Å². The zero-order chi connectivity index (χ0) is 17.9. The summed E-state index contributed by atoms with van der Waals surface area (Å²) in [5.41, 5.74) is 2.74. The van der Waals surface area contributed by atoms with Gasteiger partial charge in [0.2, 0.25) is 11.1 Å². The third-order valence-electron chi connectivity index (χ3n) is 3.37. The van der Waals surface area contributed by atoms with E-state index in [0.717, 1.165) is 17.0 Å². The van der Waals surface area contributed by atoms with Gasteiger partial charge in [0.05, 0.1) is 11.4 Å². The van der Waals surface area contributed by atoms with Crippen molar-refractivity contribution in [2.45, 2.75) is 32.9 Å². The number of nitrogen functional groups attached to an aromatic ring is 1. The lowest BCUT2D eigenvalue weighted by molar-refractivity contribution is -0.127. The van der Waals surface area contributed by atoms with Gasteiger partial charge in [0.15, 0.2) is 0 Å². The maximum absolute atomic E-state index is 12.3. The Kier molecular flexibility index (Phi) is 5.66. The minimum Gasteiger partial charge on any atom is -0.338 e. The summed E-state index contributed by atoms with van der Waals surface area (Å²) in [6.07, 6.45) is 0. The molecule has 0 spiro atoms. The van der Waals surface area contributed by atoms with Crippen molar-refractivity contribution in [2.75, 3.05) is 24.7 Å². The van der Waals surface area contributed by atoms with Crippen molar-refractivity contribution in [3.05, 3.63) is 29.6 Å². The summed E-state index contributed by atoms with van der Waals surface area (Å²) in [7, 11) is 0. The molecule has 24 heavy (non-hydrogen) atoms. The zero-order valence-corrected chi connectivity index (χ0v) is 15.3. The second-order valence-electron chi connectivity index (χ2n) is 5.65. The predicted molar refractivity (Wildman–Crippen MR) is 94.6 cm³/mol. The number of aryl methyl sites for hydroxylation is 2. The molecule has 0 saturated heterocycles. The first-order valence-electron chi connectivity index (χ1n) is 7.62. The van der Waals surface area contributed by atoms with E-state index in [1.807, 2.05) is 33.8 Å². The number of thioether (sulfide) groups is 1. The van der Waals surface area contributed by atoms with E-state index in [4.69, 9.17) is 5.84 Å². The van der Waals surface area contributed by atoms with Crippen LogP contribution in [0.15, 0.2) is 23.4 Å². The number of carbonyl (C=O) groups is 1. The van der Waals surface area contributed by atoms with Crippen molar-refractivity contribution in [3.8, 4) is 5.95 Å². The van der Waals surface area contributed by atoms with Crippen LogP contribution in [0.5, 0.6) is 0 Å². The minimum absolute atomic E-state index is 0.0150. The van der Waals surface area contributed by atoms with E-state index in [1.54, 1.807) is 9.58 Å². The van der Waals surface area contributed by atoms with Crippen molar-refractivity contribution in [3.63, 3.8) is 0 Å². The number of amides is 1. The van der Waals surface area contributed by atoms with E-state index in [2.05, 4.69) is 21.9 Å². The van der Waals surface area contributed by atoms with Gasteiger partial charge in [-0.2, -0.15) is 5.10 Å². The summed E-state index contributed by atoms with van der Waals surface area (Å²) in [5.74, 6) is 6.74. The first-order valence-corrected chi connectivity index (χ1v) is 8.61. The van der Waals surface area contributed by atoms with E-state index in [0.29, 0.717) is 24.2 Å². The van der Waals surface area contributed by atoms with Crippen LogP contribution in [0.3, 0.4) is 0 Å². The van der Waals surface area contributed by atoms with Crippen molar-refractivity contribution in [1.29, 1.82) is 0 Å². The molecule has 0 aliphatic heterocycles. The largest absolute Gasteiger partial charge is 0.338 e. The first-order chi connectivity index (χ1) is 11.3. The Bertz CT molecular complexity index is 749. The quantitative estimate of drug-likeness (QED) is 0.460. The molecule has 0 aliphatic carbocycles. The number of nitrogens with zero attached hydrogens (tertiary/aromatic N) is 6. The molecule has 130 valence electrons. The molecule has 2 N–H and O–H groups in total. The Morgan fingerprint density at radius 3 is 2.67 bits per heavy atom. The highest BCUT2D eigenvalue weighted by Crippen LogP contribution is 2.18. The molecule has 0 atom stereocenters. The number of hydrogen-bond donors (Lipinski definition) is 1. The summed E-state index contributed by atoms with van der Waals surface area (Å²) in [5, 5.41) is 13.0. The third kappa shape index (κ3) is 3.97. The topological polar surface area (TPSA) is 94.9 Å². The molecule has 2 aromatic heterocycles. The Balaban J connectivity index is 2.08. The van der Waals surface area contributed by atoms with Crippen molar-refractivity contribution in [2.24, 2.45) is 0 Å². The molecule has 8 nitrogen and oxygen atoms in total. The predicted octanol–water partition coefficient (Wildman–Crippen LogP) is 1.31. The molecule has 0 fully saturated rings. The van der Waals surface area contributed by atoms with Crippen LogP contribution in [0.25, 0.3) is 5.95 Å². The van der Waals surface area contributed by atoms with Crippen LogP contribution < -0.4 is 5.84 Å². The van der Waals surface area contributed by atoms with Crippen molar-refractivity contribution >= 4 is 17.7 Å². The van der Waals surface area contributed by atoms with Gasteiger partial charge >= 0.3 is 0 Å². The van der Waals surface area contributed by atoms with Gasteiger partial charge in [0, 0.05) is 18.8 Å². The van der Waals surface area contributed by atoms with Gasteiger partial charge < -0.3 is 10.7 Å². The van der Waals surface area contributed by atoms with Crippen LogP contribution in [0.4, 0.5) is 0 Å². The number of nitrogens with two attached hydrogens (primary N) is 1. The molecule has 0 aliphatic rings. The summed E-state index contributed by atoms with van der Waals surface area (Å²) in [6.45, 7) is 12.7. The monoisotopic (exact) mass is 349 g/mol. The van der Waals surface area contributed by atoms with Crippen LogP contribution in [-0.4, -0.2) is 54.3 Å². The van der Waals surface area contributed by atoms with Gasteiger partial charge in [0.1, 0.15) is 0 Å². The molecular weight excluding hydrogens is 326 g/mol. The number of hydrogen-bond acceptors (Lipinski definition) is 6. The molecule has 0 unspecified atom stereocenters. The van der Waals surface area contributed by atoms with E-state index < -0.39 is 0 Å². The van der Waals surface area contributed by atoms with Gasteiger partial charge in [-0.3, -0.25) is 4.79 Å². The van der Waals surface area contributed by atoms with Gasteiger partial charge in [0.25, 0.3) is 5.95 Å². The lowest BCUT2D eigenvalue weighted by atomic mass is 10.3. The zero-order valence-electron chi connectivity index (χ0n) is 14.5. The molecule has 2 rings (SSSR count). The number of rotatable bonds is 7. The Morgan fingerprint density at radius 2 is 2.12 bits per heavy atom. The second kappa shape index (κ2) is 7.52. The lowest BCUT2D eigenvalue weighted by Crippen LogP contribution is -2.33. The maximum Gasteiger partial charge on any atom is 0.271 e. The highest BCUT2D eigenvalue weighted by molar-refractivity contribution is 7.99. The fourth-order valence-corrected chi connectivity index (χ4v) is 3.02. The highest BCUT2D eigenvalue weighted by Gasteiger charge is 2.18. The molecule has 9 heteroatoms. The molecule has 2 aromatic rings. The summed E-state index contributed by atoms with van der Waals surface area (Å²) < 4.78 is 2.99. The fourth-order valence-electron chi connectivity index (χ4n) is 2.26. The van der Waals surface area contributed by atoms with Crippen molar-refractivity contribution < 1.29 is 4.79 Å². The highest BCUT2D eigenvalue weighted by atomic mass is 32.2. The van der Waals surface area contributed by atoms with Crippen LogP contribution in [-0.2, 0) is 4.79 Å². The maximum atomic E-state index is 12.3. The minimum atomic E-state index is 0.0150. The van der Waals surface area contributed by atoms with Gasteiger partial charge in [-0.15, -0.1) is 10.2 Å². The van der Waals surface area contributed by atoms with E-state index in [9.17, 15) is 4.79 Å². The number of carbonyl (C=O) groups excluding carboxylic acids is 1. The number of likely N-dealkylation sites (N-methyl/N-ethyl adjacent to an activating group) is 1. The average molecular weight is 349 g/mol. The SMILES string of the molecule is C=C(C)CN(CC)C(=O)CSc1nnc(-n2nc(C)cc2C)n1N. The molecule has 2 heterocycles. The van der Waals surface area contributed by atoms with Crippen molar-refractivity contribution in [1.82, 2.24) is 29.6 Å². The normalized spacial score (nSPS) is 10.8. The Hall–Kier alpha value is -2.29. The summed E-state index contributed by atoms with van der Waals surface area (Å²) in [4.78, 5) is 14.0. The molecule has 0 aromatic carbocycles. The Morgan fingerprint density at radius 1 is 1.42 bits per heavy atom. The molecule has 1 amide bonds. The average Bonchev–Trinajstić information content (AvgIpc) is 3.04. The second-order valence-corrected chi connectivity index (χ2v) is 6.59. The standard InChI is InChI=1S/C15H23N7OS/c1-6-20(8-10(2)3)13(23)9-24-15-18-17-14(21(15)16)22-12(5)7-11(4)19-22/h7H,2,6,8-9,16H2,1,3-5H3. The summed E-state index contributed by atoms with van der Waals surface area (Å²) in [6, 6.07) is 1.93. The van der Waals surface area contributed by atoms with E-state index in [1.165, 1.54) is 16.4 Å². The van der Waals surface area contributed by atoms with Gasteiger partial charge in [-0.05, 0) is 33.8 Å². The molecule has 0 saturated carbocycles. The molecule has 0 bridgehead atoms. The fraction of sp³-hybridized carbons (Fsp3) is 0.467.